The van der Waals surface area contributed by atoms with Gasteiger partial charge in [-0.25, -0.2) is 9.37 Å². The molecule has 112 valence electrons. The molecule has 1 unspecified atom stereocenters. The van der Waals surface area contributed by atoms with E-state index in [1.807, 2.05) is 0 Å². The Morgan fingerprint density at radius 2 is 2.05 bits per heavy atom. The minimum Gasteiger partial charge on any atom is -0.322 e. The molecule has 2 aliphatic rings. The molecule has 1 aliphatic carbocycles. The Balaban J connectivity index is 1.77. The van der Waals surface area contributed by atoms with Crippen LogP contribution in [-0.4, -0.2) is 33.6 Å². The first-order valence-corrected chi connectivity index (χ1v) is 8.24. The summed E-state index contributed by atoms with van der Waals surface area (Å²) in [4.78, 5) is 7.02. The molecule has 0 N–H and O–H groups in total. The van der Waals surface area contributed by atoms with E-state index >= 15 is 0 Å². The van der Waals surface area contributed by atoms with Crippen molar-refractivity contribution in [2.24, 2.45) is 0 Å². The molecule has 6 heteroatoms. The van der Waals surface area contributed by atoms with Crippen LogP contribution >= 0.6 is 23.2 Å². The Bertz CT molecular complexity index is 696. The maximum atomic E-state index is 13.6. The predicted molar refractivity (Wildman–Crippen MR) is 82.5 cm³/mol. The molecule has 2 aromatic rings. The van der Waals surface area contributed by atoms with Crippen LogP contribution in [0, 0.1) is 5.82 Å². The number of halogens is 3. The standard InChI is InChI=1S/C15H16Cl2FN3/c16-7-15-19-13-6-12(18)11(17)5-14(13)21(15)10-3-4-20(8-10)9-1-2-9/h5-6,9-10H,1-4,7-8H2. The summed E-state index contributed by atoms with van der Waals surface area (Å²) in [5.41, 5.74) is 1.53. The number of nitrogens with zero attached hydrogens (tertiary/aromatic N) is 3. The van der Waals surface area contributed by atoms with Crippen molar-refractivity contribution in [3.8, 4) is 0 Å². The van der Waals surface area contributed by atoms with Crippen molar-refractivity contribution < 1.29 is 4.39 Å². The van der Waals surface area contributed by atoms with Gasteiger partial charge in [-0.3, -0.25) is 4.90 Å². The van der Waals surface area contributed by atoms with Gasteiger partial charge in [0.2, 0.25) is 0 Å². The second kappa shape index (κ2) is 5.11. The highest BCUT2D eigenvalue weighted by Crippen LogP contribution is 2.36. The Morgan fingerprint density at radius 1 is 1.24 bits per heavy atom. The molecule has 1 aromatic heterocycles. The van der Waals surface area contributed by atoms with Gasteiger partial charge in [-0.2, -0.15) is 0 Å². The summed E-state index contributed by atoms with van der Waals surface area (Å²) in [6, 6.07) is 4.20. The molecule has 0 amide bonds. The Morgan fingerprint density at radius 3 is 2.76 bits per heavy atom. The topological polar surface area (TPSA) is 21.1 Å². The minimum absolute atomic E-state index is 0.141. The van der Waals surface area contributed by atoms with Gasteiger partial charge in [0.15, 0.2) is 0 Å². The minimum atomic E-state index is -0.430. The smallest absolute Gasteiger partial charge is 0.144 e. The lowest BCUT2D eigenvalue weighted by Gasteiger charge is -2.18. The number of benzene rings is 1. The second-order valence-corrected chi connectivity index (χ2v) is 6.63. The monoisotopic (exact) mass is 327 g/mol. The number of rotatable bonds is 3. The van der Waals surface area contributed by atoms with Crippen LogP contribution < -0.4 is 0 Å². The number of imidazole rings is 1. The van der Waals surface area contributed by atoms with E-state index in [1.54, 1.807) is 6.07 Å². The number of likely N-dealkylation sites (tertiary alicyclic amines) is 1. The number of fused-ring (bicyclic) bond motifs is 1. The highest BCUT2D eigenvalue weighted by atomic mass is 35.5. The highest BCUT2D eigenvalue weighted by Gasteiger charge is 2.36. The summed E-state index contributed by atoms with van der Waals surface area (Å²) in [7, 11) is 0. The van der Waals surface area contributed by atoms with E-state index < -0.39 is 5.82 Å². The average molecular weight is 328 g/mol. The SMILES string of the molecule is Fc1cc2nc(CCl)n(C3CCN(C4CC4)C3)c2cc1Cl. The molecule has 0 spiro atoms. The Labute approximate surface area is 132 Å². The lowest BCUT2D eigenvalue weighted by Crippen LogP contribution is -2.24. The van der Waals surface area contributed by atoms with Gasteiger partial charge in [-0.1, -0.05) is 11.6 Å². The van der Waals surface area contributed by atoms with Crippen molar-refractivity contribution in [1.82, 2.24) is 14.5 Å². The quantitative estimate of drug-likeness (QED) is 0.795. The van der Waals surface area contributed by atoms with Crippen LogP contribution in [0.4, 0.5) is 4.39 Å². The lowest BCUT2D eigenvalue weighted by molar-refractivity contribution is 0.314. The van der Waals surface area contributed by atoms with E-state index in [1.165, 1.54) is 18.9 Å². The van der Waals surface area contributed by atoms with Gasteiger partial charge in [-0.05, 0) is 25.3 Å². The van der Waals surface area contributed by atoms with Crippen LogP contribution in [-0.2, 0) is 5.88 Å². The van der Waals surface area contributed by atoms with Gasteiger partial charge < -0.3 is 4.57 Å². The zero-order valence-electron chi connectivity index (χ0n) is 11.5. The van der Waals surface area contributed by atoms with Gasteiger partial charge in [0.25, 0.3) is 0 Å². The largest absolute Gasteiger partial charge is 0.322 e. The number of hydrogen-bond acceptors (Lipinski definition) is 2. The summed E-state index contributed by atoms with van der Waals surface area (Å²) < 4.78 is 15.8. The van der Waals surface area contributed by atoms with E-state index in [0.29, 0.717) is 17.4 Å². The van der Waals surface area contributed by atoms with Crippen LogP contribution in [0.3, 0.4) is 0 Å². The molecule has 1 saturated heterocycles. The molecule has 1 aromatic carbocycles. The van der Waals surface area contributed by atoms with Crippen molar-refractivity contribution in [2.75, 3.05) is 13.1 Å². The number of aromatic nitrogens is 2. The van der Waals surface area contributed by atoms with Crippen molar-refractivity contribution in [3.63, 3.8) is 0 Å². The molecule has 1 aliphatic heterocycles. The van der Waals surface area contributed by atoms with Gasteiger partial charge in [0.05, 0.1) is 21.9 Å². The van der Waals surface area contributed by atoms with E-state index in [-0.39, 0.29) is 5.02 Å². The molecule has 2 heterocycles. The number of hydrogen-bond donors (Lipinski definition) is 0. The second-order valence-electron chi connectivity index (χ2n) is 5.96. The average Bonchev–Trinajstić information content (AvgIpc) is 3.10. The van der Waals surface area contributed by atoms with Crippen LogP contribution in [0.2, 0.25) is 5.02 Å². The molecular weight excluding hydrogens is 312 g/mol. The zero-order chi connectivity index (χ0) is 14.6. The van der Waals surface area contributed by atoms with Crippen LogP contribution in [0.5, 0.6) is 0 Å². The first kappa shape index (κ1) is 13.8. The molecule has 2 fully saturated rings. The van der Waals surface area contributed by atoms with Crippen molar-refractivity contribution in [3.05, 3.63) is 28.8 Å². The lowest BCUT2D eigenvalue weighted by atomic mass is 10.2. The number of alkyl halides is 1. The first-order chi connectivity index (χ1) is 10.2. The maximum Gasteiger partial charge on any atom is 0.144 e. The fourth-order valence-electron chi connectivity index (χ4n) is 3.39. The summed E-state index contributed by atoms with van der Waals surface area (Å²) in [6.45, 7) is 2.14. The molecule has 0 bridgehead atoms. The fraction of sp³-hybridized carbons (Fsp3) is 0.533. The van der Waals surface area contributed by atoms with E-state index in [2.05, 4.69) is 14.5 Å². The van der Waals surface area contributed by atoms with Crippen LogP contribution in [0.25, 0.3) is 11.0 Å². The summed E-state index contributed by atoms with van der Waals surface area (Å²) in [6.07, 6.45) is 3.72. The van der Waals surface area contributed by atoms with Crippen molar-refractivity contribution in [2.45, 2.75) is 37.2 Å². The molecule has 1 saturated carbocycles. The first-order valence-electron chi connectivity index (χ1n) is 7.33. The molecule has 21 heavy (non-hydrogen) atoms. The van der Waals surface area contributed by atoms with Gasteiger partial charge in [-0.15, -0.1) is 11.6 Å². The molecular formula is C15H16Cl2FN3. The van der Waals surface area contributed by atoms with Crippen LogP contribution in [0.1, 0.15) is 31.1 Å². The van der Waals surface area contributed by atoms with Gasteiger partial charge >= 0.3 is 0 Å². The summed E-state index contributed by atoms with van der Waals surface area (Å²) in [5.74, 6) is 0.699. The molecule has 4 rings (SSSR count). The van der Waals surface area contributed by atoms with Gasteiger partial charge in [0, 0.05) is 31.2 Å². The molecule has 3 nitrogen and oxygen atoms in total. The Hall–Kier alpha value is -0.840. The van der Waals surface area contributed by atoms with E-state index in [4.69, 9.17) is 23.2 Å². The van der Waals surface area contributed by atoms with Crippen molar-refractivity contribution >= 4 is 34.2 Å². The maximum absolute atomic E-state index is 13.6. The predicted octanol–water partition coefficient (Wildman–Crippen LogP) is 3.98. The third-order valence-corrected chi connectivity index (χ3v) is 5.08. The molecule has 0 radical (unpaired) electrons. The molecule has 1 atom stereocenters. The zero-order valence-corrected chi connectivity index (χ0v) is 13.0. The Kier molecular flexibility index (Phi) is 3.36. The van der Waals surface area contributed by atoms with Gasteiger partial charge in [0.1, 0.15) is 11.6 Å². The highest BCUT2D eigenvalue weighted by molar-refractivity contribution is 6.31. The van der Waals surface area contributed by atoms with Crippen LogP contribution in [0.15, 0.2) is 12.1 Å². The normalized spacial score (nSPS) is 23.3. The van der Waals surface area contributed by atoms with E-state index in [9.17, 15) is 4.39 Å². The van der Waals surface area contributed by atoms with E-state index in [0.717, 1.165) is 36.9 Å². The summed E-state index contributed by atoms with van der Waals surface area (Å²) in [5, 5.41) is 0.141. The third kappa shape index (κ3) is 2.33. The van der Waals surface area contributed by atoms with Crippen molar-refractivity contribution in [1.29, 1.82) is 0 Å². The summed E-state index contributed by atoms with van der Waals surface area (Å²) >= 11 is 12.0. The third-order valence-electron chi connectivity index (χ3n) is 4.55. The fourth-order valence-corrected chi connectivity index (χ4v) is 3.74.